The second kappa shape index (κ2) is 3.46. The molecule has 4 N–H and O–H groups in total. The fourth-order valence-electron chi connectivity index (χ4n) is 1.96. The number of hydrogen-bond acceptors (Lipinski definition) is 4. The minimum absolute atomic E-state index is 0.213. The summed E-state index contributed by atoms with van der Waals surface area (Å²) in [7, 11) is 0. The highest BCUT2D eigenvalue weighted by molar-refractivity contribution is 5.93. The number of rotatable bonds is 2. The zero-order valence-electron chi connectivity index (χ0n) is 8.44. The Kier molecular flexibility index (Phi) is 2.40. The number of nitrogens with zero attached hydrogens (tertiary/aromatic N) is 1. The molecule has 2 aliphatic heterocycles. The molecule has 2 atom stereocenters. The van der Waals surface area contributed by atoms with E-state index in [9.17, 15) is 9.59 Å². The first-order valence-corrected chi connectivity index (χ1v) is 5.02. The third kappa shape index (κ3) is 1.59. The van der Waals surface area contributed by atoms with Gasteiger partial charge in [0.1, 0.15) is 11.6 Å². The van der Waals surface area contributed by atoms with Gasteiger partial charge in [-0.05, 0) is 12.8 Å². The number of carbonyl (C=O) groups excluding carboxylic acids is 2. The average molecular weight is 213 g/mol. The van der Waals surface area contributed by atoms with Gasteiger partial charge in [-0.15, -0.1) is 0 Å². The molecular weight excluding hydrogens is 198 g/mol. The molecule has 2 fully saturated rings. The van der Waals surface area contributed by atoms with Gasteiger partial charge in [-0.1, -0.05) is 0 Å². The molecule has 0 aromatic heterocycles. The molecule has 0 aromatic rings. The molecule has 2 rings (SSSR count). The minimum atomic E-state index is -0.950. The lowest BCUT2D eigenvalue weighted by molar-refractivity contribution is -0.150. The first-order valence-electron chi connectivity index (χ1n) is 5.02. The van der Waals surface area contributed by atoms with Gasteiger partial charge in [-0.3, -0.25) is 9.59 Å². The summed E-state index contributed by atoms with van der Waals surface area (Å²) in [5.74, 6) is -0.674. The van der Waals surface area contributed by atoms with E-state index in [0.717, 1.165) is 0 Å². The van der Waals surface area contributed by atoms with Crippen molar-refractivity contribution in [1.82, 2.24) is 4.90 Å². The lowest BCUT2D eigenvalue weighted by Crippen LogP contribution is -2.65. The van der Waals surface area contributed by atoms with Crippen molar-refractivity contribution in [2.24, 2.45) is 11.5 Å². The average Bonchev–Trinajstić information content (AvgIpc) is 2.50. The van der Waals surface area contributed by atoms with Gasteiger partial charge in [-0.2, -0.15) is 0 Å². The zero-order valence-corrected chi connectivity index (χ0v) is 8.44. The number of likely N-dealkylation sites (tertiary alicyclic amines) is 1. The normalized spacial score (nSPS) is 35.0. The van der Waals surface area contributed by atoms with Crippen LogP contribution in [0.1, 0.15) is 12.8 Å². The molecule has 2 aliphatic rings. The van der Waals surface area contributed by atoms with Crippen LogP contribution in [0.25, 0.3) is 0 Å². The summed E-state index contributed by atoms with van der Waals surface area (Å²) in [5.41, 5.74) is 10.1. The van der Waals surface area contributed by atoms with Crippen LogP contribution in [0.3, 0.4) is 0 Å². The van der Waals surface area contributed by atoms with Crippen molar-refractivity contribution in [2.45, 2.75) is 24.4 Å². The van der Waals surface area contributed by atoms with E-state index in [2.05, 4.69) is 0 Å². The molecule has 0 bridgehead atoms. The highest BCUT2D eigenvalue weighted by atomic mass is 16.5. The summed E-state index contributed by atoms with van der Waals surface area (Å²) >= 11 is 0. The van der Waals surface area contributed by atoms with Crippen molar-refractivity contribution in [1.29, 1.82) is 0 Å². The maximum absolute atomic E-state index is 12.0. The van der Waals surface area contributed by atoms with E-state index in [0.29, 0.717) is 26.0 Å². The molecule has 2 heterocycles. The number of amides is 2. The quantitative estimate of drug-likeness (QED) is 0.564. The molecule has 0 radical (unpaired) electrons. The first kappa shape index (κ1) is 10.4. The Labute approximate surface area is 87.5 Å². The SMILES string of the molecule is NC(=O)C1CCN1C(=O)C1(N)CCOC1. The monoisotopic (exact) mass is 213 g/mol. The second-order valence-corrected chi connectivity index (χ2v) is 4.16. The summed E-state index contributed by atoms with van der Waals surface area (Å²) in [6.45, 7) is 1.29. The maximum atomic E-state index is 12.0. The number of carbonyl (C=O) groups is 2. The van der Waals surface area contributed by atoms with Crippen molar-refractivity contribution in [2.75, 3.05) is 19.8 Å². The van der Waals surface area contributed by atoms with E-state index in [1.807, 2.05) is 0 Å². The smallest absolute Gasteiger partial charge is 0.245 e. The predicted octanol–water partition coefficient (Wildman–Crippen LogP) is -1.81. The fourth-order valence-corrected chi connectivity index (χ4v) is 1.96. The van der Waals surface area contributed by atoms with Crippen LogP contribution in [0, 0.1) is 0 Å². The van der Waals surface area contributed by atoms with E-state index < -0.39 is 17.5 Å². The molecule has 84 valence electrons. The number of ether oxygens (including phenoxy) is 1. The third-order valence-corrected chi connectivity index (χ3v) is 3.09. The van der Waals surface area contributed by atoms with E-state index in [4.69, 9.17) is 16.2 Å². The van der Waals surface area contributed by atoms with Crippen molar-refractivity contribution in [3.63, 3.8) is 0 Å². The van der Waals surface area contributed by atoms with E-state index in [1.165, 1.54) is 4.90 Å². The first-order chi connectivity index (χ1) is 7.04. The van der Waals surface area contributed by atoms with Crippen LogP contribution in [0.4, 0.5) is 0 Å². The van der Waals surface area contributed by atoms with Crippen LogP contribution in [0.2, 0.25) is 0 Å². The van der Waals surface area contributed by atoms with E-state index in [1.54, 1.807) is 0 Å². The standard InChI is InChI=1S/C9H15N3O3/c10-7(13)6-1-3-12(6)8(14)9(11)2-4-15-5-9/h6H,1-5,11H2,(H2,10,13). The van der Waals surface area contributed by atoms with Gasteiger partial charge >= 0.3 is 0 Å². The molecule has 2 unspecified atom stereocenters. The van der Waals surface area contributed by atoms with Crippen LogP contribution in [-0.4, -0.2) is 48.1 Å². The van der Waals surface area contributed by atoms with Crippen LogP contribution >= 0.6 is 0 Å². The Morgan fingerprint density at radius 1 is 1.47 bits per heavy atom. The van der Waals surface area contributed by atoms with Crippen molar-refractivity contribution in [3.05, 3.63) is 0 Å². The zero-order chi connectivity index (χ0) is 11.1. The molecule has 0 saturated carbocycles. The van der Waals surface area contributed by atoms with Gasteiger partial charge < -0.3 is 21.1 Å². The summed E-state index contributed by atoms with van der Waals surface area (Å²) in [6, 6.07) is -0.474. The highest BCUT2D eigenvalue weighted by Gasteiger charge is 2.47. The molecule has 2 saturated heterocycles. The lowest BCUT2D eigenvalue weighted by atomic mass is 9.93. The lowest BCUT2D eigenvalue weighted by Gasteiger charge is -2.42. The molecule has 0 aromatic carbocycles. The molecule has 6 nitrogen and oxygen atoms in total. The van der Waals surface area contributed by atoms with E-state index in [-0.39, 0.29) is 12.5 Å². The van der Waals surface area contributed by atoms with Gasteiger partial charge in [0.2, 0.25) is 11.8 Å². The summed E-state index contributed by atoms with van der Waals surface area (Å²) in [4.78, 5) is 24.4. The maximum Gasteiger partial charge on any atom is 0.245 e. The minimum Gasteiger partial charge on any atom is -0.379 e. The number of nitrogens with two attached hydrogens (primary N) is 2. The van der Waals surface area contributed by atoms with Crippen molar-refractivity contribution >= 4 is 11.8 Å². The molecule has 6 heteroatoms. The highest BCUT2D eigenvalue weighted by Crippen LogP contribution is 2.25. The van der Waals surface area contributed by atoms with Crippen LogP contribution in [0.15, 0.2) is 0 Å². The second-order valence-electron chi connectivity index (χ2n) is 4.16. The molecule has 0 aliphatic carbocycles. The molecule has 0 spiro atoms. The molecule has 2 amide bonds. The fraction of sp³-hybridized carbons (Fsp3) is 0.778. The van der Waals surface area contributed by atoms with Gasteiger partial charge in [0, 0.05) is 13.2 Å². The van der Waals surface area contributed by atoms with Crippen LogP contribution in [-0.2, 0) is 14.3 Å². The largest absolute Gasteiger partial charge is 0.379 e. The Morgan fingerprint density at radius 3 is 2.60 bits per heavy atom. The van der Waals surface area contributed by atoms with Crippen LogP contribution in [0.5, 0.6) is 0 Å². The van der Waals surface area contributed by atoms with Gasteiger partial charge in [0.15, 0.2) is 0 Å². The summed E-state index contributed by atoms with van der Waals surface area (Å²) in [5, 5.41) is 0. The van der Waals surface area contributed by atoms with Gasteiger partial charge in [0.05, 0.1) is 6.61 Å². The van der Waals surface area contributed by atoms with E-state index >= 15 is 0 Å². The Morgan fingerprint density at radius 2 is 2.20 bits per heavy atom. The third-order valence-electron chi connectivity index (χ3n) is 3.09. The van der Waals surface area contributed by atoms with Gasteiger partial charge in [0.25, 0.3) is 0 Å². The molecular formula is C9H15N3O3. The topological polar surface area (TPSA) is 98.7 Å². The molecule has 15 heavy (non-hydrogen) atoms. The Hall–Kier alpha value is -1.14. The number of primary amides is 1. The Bertz CT molecular complexity index is 299. The van der Waals surface area contributed by atoms with Crippen molar-refractivity contribution < 1.29 is 14.3 Å². The summed E-state index contributed by atoms with van der Waals surface area (Å²) in [6.07, 6.45) is 1.14. The number of hydrogen-bond donors (Lipinski definition) is 2. The van der Waals surface area contributed by atoms with Crippen LogP contribution < -0.4 is 11.5 Å². The Balaban J connectivity index is 2.05. The predicted molar refractivity (Wildman–Crippen MR) is 51.7 cm³/mol. The van der Waals surface area contributed by atoms with Crippen molar-refractivity contribution in [3.8, 4) is 0 Å². The van der Waals surface area contributed by atoms with Gasteiger partial charge in [-0.25, -0.2) is 0 Å². The summed E-state index contributed by atoms with van der Waals surface area (Å²) < 4.78 is 5.11.